The van der Waals surface area contributed by atoms with Crippen molar-refractivity contribution in [2.75, 3.05) is 11.6 Å². The number of phenols is 1. The Morgan fingerprint density at radius 1 is 1.12 bits per heavy atom. The van der Waals surface area contributed by atoms with E-state index in [4.69, 9.17) is 21.4 Å². The van der Waals surface area contributed by atoms with Gasteiger partial charge in [0.05, 0.1) is 6.26 Å². The van der Waals surface area contributed by atoms with Crippen LogP contribution in [0.15, 0.2) is 41.0 Å². The van der Waals surface area contributed by atoms with Gasteiger partial charge in [-0.3, -0.25) is 0 Å². The van der Waals surface area contributed by atoms with Crippen molar-refractivity contribution in [2.24, 2.45) is 0 Å². The topological polar surface area (TPSA) is 36.6 Å². The molecule has 1 aromatic heterocycles. The van der Waals surface area contributed by atoms with Crippen molar-refractivity contribution in [3.05, 3.63) is 42.2 Å². The molecule has 3 nitrogen and oxygen atoms in total. The summed E-state index contributed by atoms with van der Waals surface area (Å²) in [5.41, 5.74) is 0.918. The summed E-state index contributed by atoms with van der Waals surface area (Å²) in [4.78, 5) is 0. The van der Waals surface area contributed by atoms with Gasteiger partial charge < -0.3 is 14.1 Å². The van der Waals surface area contributed by atoms with Gasteiger partial charge in [0.15, 0.2) is 14.1 Å². The van der Waals surface area contributed by atoms with Crippen LogP contribution in [0, 0.1) is 0 Å². The van der Waals surface area contributed by atoms with E-state index in [0.29, 0.717) is 5.75 Å². The summed E-state index contributed by atoms with van der Waals surface area (Å²) in [5.74, 6) is 1.27. The molecule has 0 radical (unpaired) electrons. The molecule has 0 bridgehead atoms. The molecular formula is C17H25Cl2NO2SiZr. The van der Waals surface area contributed by atoms with Gasteiger partial charge in [0.2, 0.25) is 0 Å². The number of rotatable bonds is 3. The van der Waals surface area contributed by atoms with Gasteiger partial charge in [0.1, 0.15) is 5.75 Å². The Morgan fingerprint density at radius 2 is 1.71 bits per heavy atom. The average molecular weight is 466 g/mol. The molecule has 2 rings (SSSR count). The molecule has 0 atom stereocenters. The third-order valence-electron chi connectivity index (χ3n) is 4.18. The normalized spacial score (nSPS) is 11.5. The molecule has 0 amide bonds. The van der Waals surface area contributed by atoms with E-state index in [2.05, 4.69) is 38.4 Å². The van der Waals surface area contributed by atoms with E-state index in [9.17, 15) is 5.11 Å². The molecule has 0 aliphatic carbocycles. The molecule has 0 aliphatic heterocycles. The van der Waals surface area contributed by atoms with Crippen molar-refractivity contribution in [1.82, 2.24) is 0 Å². The van der Waals surface area contributed by atoms with Crippen LogP contribution in [0.5, 0.6) is 5.75 Å². The number of para-hydroxylation sites is 1. The van der Waals surface area contributed by atoms with Crippen molar-refractivity contribution in [3.63, 3.8) is 0 Å². The van der Waals surface area contributed by atoms with Gasteiger partial charge in [-0.1, -0.05) is 39.0 Å². The Morgan fingerprint density at radius 3 is 2.17 bits per heavy atom. The van der Waals surface area contributed by atoms with Crippen molar-refractivity contribution in [3.8, 4) is 5.75 Å². The van der Waals surface area contributed by atoms with Gasteiger partial charge in [0.25, 0.3) is 0 Å². The zero-order valence-corrected chi connectivity index (χ0v) is 20.0. The zero-order valence-electron chi connectivity index (χ0n) is 15.0. The Bertz CT molecular complexity index is 643. The summed E-state index contributed by atoms with van der Waals surface area (Å²) in [5, 5.41) is 11.8. The first-order valence-corrected chi connectivity index (χ1v) is 16.9. The van der Waals surface area contributed by atoms with Crippen LogP contribution in [0.1, 0.15) is 26.3 Å². The molecule has 2 aromatic rings. The molecule has 1 aromatic carbocycles. The summed E-state index contributed by atoms with van der Waals surface area (Å²) in [6, 6.07) is 9.94. The maximum absolute atomic E-state index is 10.8. The summed E-state index contributed by atoms with van der Waals surface area (Å²) in [6.45, 7) is 10.8. The fraction of sp³-hybridized carbons (Fsp3) is 0.412. The van der Waals surface area contributed by atoms with Gasteiger partial charge in [0, 0.05) is 18.3 Å². The summed E-state index contributed by atoms with van der Waals surface area (Å²) >= 11 is -0.826. The second-order valence-corrected chi connectivity index (χ2v) is 15.2. The Labute approximate surface area is 164 Å². The van der Waals surface area contributed by atoms with Gasteiger partial charge >= 0.3 is 37.9 Å². The number of hydrogen-bond donors (Lipinski definition) is 1. The van der Waals surface area contributed by atoms with Crippen LogP contribution in [-0.4, -0.2) is 20.4 Å². The zero-order chi connectivity index (χ0) is 18.5. The van der Waals surface area contributed by atoms with Crippen LogP contribution in [0.25, 0.3) is 0 Å². The van der Waals surface area contributed by atoms with Gasteiger partial charge in [-0.2, -0.15) is 0 Å². The molecule has 1 N–H and O–H groups in total. The monoisotopic (exact) mass is 463 g/mol. The maximum atomic E-state index is 10.8. The molecule has 1 heterocycles. The van der Waals surface area contributed by atoms with Crippen LogP contribution >= 0.6 is 17.0 Å². The van der Waals surface area contributed by atoms with Crippen molar-refractivity contribution >= 4 is 36.3 Å². The standard InChI is InChI=1S/C17H25NO2Si.2ClH.Zr/c1-17(2,3)13-9-7-10-14(16(13)19)21(5,6)18(4)15-11-8-12-20-15;;;/h7-12,19H,1-6H3;2*1H;/q;;;+2/p-2. The quantitative estimate of drug-likeness (QED) is 0.633. The van der Waals surface area contributed by atoms with Gasteiger partial charge in [-0.25, -0.2) is 0 Å². The molecular weight excluding hydrogens is 440 g/mol. The molecule has 0 saturated heterocycles. The first-order valence-electron chi connectivity index (χ1n) is 7.64. The minimum atomic E-state index is -2.05. The fourth-order valence-electron chi connectivity index (χ4n) is 2.56. The Balaban J connectivity index is 0.000000891. The van der Waals surface area contributed by atoms with E-state index >= 15 is 0 Å². The number of hydrogen-bond acceptors (Lipinski definition) is 3. The van der Waals surface area contributed by atoms with E-state index in [1.54, 1.807) is 6.26 Å². The second-order valence-electron chi connectivity index (χ2n) is 7.09. The number of nitrogens with zero attached hydrogens (tertiary/aromatic N) is 1. The first kappa shape index (κ1) is 21.8. The predicted molar refractivity (Wildman–Crippen MR) is 103 cm³/mol. The average Bonchev–Trinajstić information content (AvgIpc) is 3.00. The van der Waals surface area contributed by atoms with Gasteiger partial charge in [-0.05, 0) is 30.1 Å². The number of furan rings is 1. The minimum absolute atomic E-state index is 0.0756. The van der Waals surface area contributed by atoms with Crippen LogP contribution < -0.4 is 9.75 Å². The number of phenolic OH excluding ortho intramolecular Hbond substituents is 1. The molecule has 132 valence electrons. The van der Waals surface area contributed by atoms with E-state index in [1.165, 1.54) is 0 Å². The Kier molecular flexibility index (Phi) is 8.12. The van der Waals surface area contributed by atoms with Crippen LogP contribution in [0.4, 0.5) is 5.88 Å². The SMILES string of the molecule is CN(c1ccco1)[Si](C)(C)c1cccc(C(C)(C)C)c1O.[Cl][Zr][Cl]. The number of aromatic hydroxyl groups is 1. The van der Waals surface area contributed by atoms with Gasteiger partial charge in [-0.15, -0.1) is 0 Å². The second kappa shape index (κ2) is 8.93. The van der Waals surface area contributed by atoms with E-state index < -0.39 is 29.1 Å². The predicted octanol–water partition coefficient (Wildman–Crippen LogP) is 5.21. The molecule has 7 heteroatoms. The Hall–Kier alpha value is -0.220. The number of benzene rings is 1. The van der Waals surface area contributed by atoms with Crippen molar-refractivity contribution in [1.29, 1.82) is 0 Å². The molecule has 0 aliphatic rings. The summed E-state index contributed by atoms with van der Waals surface area (Å²) < 4.78 is 7.69. The van der Waals surface area contributed by atoms with E-state index in [1.807, 2.05) is 37.4 Å². The third-order valence-corrected chi connectivity index (χ3v) is 7.80. The molecule has 24 heavy (non-hydrogen) atoms. The summed E-state index contributed by atoms with van der Waals surface area (Å²) in [7, 11) is 9.85. The van der Waals surface area contributed by atoms with Crippen molar-refractivity contribution < 1.29 is 30.4 Å². The third kappa shape index (κ3) is 5.14. The molecule has 0 unspecified atom stereocenters. The van der Waals surface area contributed by atoms with Crippen molar-refractivity contribution in [2.45, 2.75) is 39.3 Å². The summed E-state index contributed by atoms with van der Waals surface area (Å²) in [6.07, 6.45) is 1.68. The molecule has 0 fully saturated rings. The van der Waals surface area contributed by atoms with E-state index in [-0.39, 0.29) is 5.41 Å². The number of halogens is 2. The van der Waals surface area contributed by atoms with Crippen LogP contribution in [0.2, 0.25) is 13.1 Å². The molecule has 0 saturated carbocycles. The fourth-order valence-corrected chi connectivity index (χ4v) is 4.82. The van der Waals surface area contributed by atoms with E-state index in [0.717, 1.165) is 16.6 Å². The number of anilines is 1. The molecule has 0 spiro atoms. The van der Waals surface area contributed by atoms with Crippen LogP contribution in [-0.2, 0) is 26.3 Å². The first-order chi connectivity index (χ1) is 11.1. The van der Waals surface area contributed by atoms with Crippen LogP contribution in [0.3, 0.4) is 0 Å².